The summed E-state index contributed by atoms with van der Waals surface area (Å²) in [6.45, 7) is 1.83. The lowest BCUT2D eigenvalue weighted by molar-refractivity contribution is -0.385. The molecule has 1 rings (SSSR count). The van der Waals surface area contributed by atoms with Gasteiger partial charge in [-0.25, -0.2) is 13.1 Å². The molecule has 1 N–H and O–H groups in total. The molecular weight excluding hydrogens is 256 g/mol. The standard InChI is InChI=1S/C11H12N2O4S/c1-2-3-4-8-12-18(16,17)11-7-5-6-10(9-11)13(14)15/h5-7,9,12H,4,8H2,1H3. The van der Waals surface area contributed by atoms with E-state index in [9.17, 15) is 18.5 Å². The SMILES string of the molecule is CC#CCCNS(=O)(=O)c1cccc([N+](=O)[O-])c1. The van der Waals surface area contributed by atoms with E-state index in [0.29, 0.717) is 6.42 Å². The summed E-state index contributed by atoms with van der Waals surface area (Å²) < 4.78 is 25.9. The third-order valence-corrected chi connectivity index (χ3v) is 3.52. The van der Waals surface area contributed by atoms with Crippen molar-refractivity contribution in [1.82, 2.24) is 4.72 Å². The summed E-state index contributed by atoms with van der Waals surface area (Å²) in [7, 11) is -3.72. The molecule has 0 atom stereocenters. The van der Waals surface area contributed by atoms with Gasteiger partial charge in [0, 0.05) is 25.1 Å². The Balaban J connectivity index is 2.86. The molecule has 0 amide bonds. The maximum absolute atomic E-state index is 11.8. The van der Waals surface area contributed by atoms with Gasteiger partial charge in [0.1, 0.15) is 0 Å². The summed E-state index contributed by atoms with van der Waals surface area (Å²) in [5, 5.41) is 10.6. The monoisotopic (exact) mass is 268 g/mol. The van der Waals surface area contributed by atoms with Gasteiger partial charge in [-0.1, -0.05) is 6.07 Å². The predicted octanol–water partition coefficient (Wildman–Crippen LogP) is 1.29. The van der Waals surface area contributed by atoms with Crippen molar-refractivity contribution in [3.63, 3.8) is 0 Å². The zero-order chi connectivity index (χ0) is 13.6. The second-order valence-corrected chi connectivity index (χ2v) is 5.10. The number of nitro benzene ring substituents is 1. The number of nitro groups is 1. The number of hydrogen-bond donors (Lipinski definition) is 1. The summed E-state index contributed by atoms with van der Waals surface area (Å²) >= 11 is 0. The van der Waals surface area contributed by atoms with Crippen molar-refractivity contribution >= 4 is 15.7 Å². The molecule has 0 spiro atoms. The Bertz CT molecular complexity index is 599. The smallest absolute Gasteiger partial charge is 0.258 e. The van der Waals surface area contributed by atoms with Crippen LogP contribution in [0.5, 0.6) is 0 Å². The van der Waals surface area contributed by atoms with Gasteiger partial charge in [0.25, 0.3) is 5.69 Å². The molecule has 0 radical (unpaired) electrons. The highest BCUT2D eigenvalue weighted by molar-refractivity contribution is 7.89. The first kappa shape index (κ1) is 14.2. The summed E-state index contributed by atoms with van der Waals surface area (Å²) in [4.78, 5) is 9.79. The Kier molecular flexibility index (Phi) is 4.83. The van der Waals surface area contributed by atoms with Gasteiger partial charge >= 0.3 is 0 Å². The highest BCUT2D eigenvalue weighted by Crippen LogP contribution is 2.16. The van der Waals surface area contributed by atoms with Gasteiger partial charge in [-0.3, -0.25) is 10.1 Å². The summed E-state index contributed by atoms with van der Waals surface area (Å²) in [5.74, 6) is 5.36. The zero-order valence-electron chi connectivity index (χ0n) is 9.71. The van der Waals surface area contributed by atoms with Crippen LogP contribution in [0.1, 0.15) is 13.3 Å². The van der Waals surface area contributed by atoms with Crippen molar-refractivity contribution in [2.45, 2.75) is 18.2 Å². The van der Waals surface area contributed by atoms with Crippen LogP contribution in [-0.2, 0) is 10.0 Å². The lowest BCUT2D eigenvalue weighted by Gasteiger charge is -2.04. The fraction of sp³-hybridized carbons (Fsp3) is 0.273. The van der Waals surface area contributed by atoms with E-state index in [2.05, 4.69) is 16.6 Å². The summed E-state index contributed by atoms with van der Waals surface area (Å²) in [5.41, 5.74) is -0.258. The van der Waals surface area contributed by atoms with Crippen LogP contribution in [0.4, 0.5) is 5.69 Å². The molecule has 18 heavy (non-hydrogen) atoms. The Morgan fingerprint density at radius 2 is 2.17 bits per heavy atom. The van der Waals surface area contributed by atoms with E-state index < -0.39 is 14.9 Å². The van der Waals surface area contributed by atoms with Crippen LogP contribution >= 0.6 is 0 Å². The van der Waals surface area contributed by atoms with E-state index in [4.69, 9.17) is 0 Å². The van der Waals surface area contributed by atoms with E-state index in [1.807, 2.05) is 0 Å². The average Bonchev–Trinajstić information content (AvgIpc) is 2.35. The highest BCUT2D eigenvalue weighted by atomic mass is 32.2. The van der Waals surface area contributed by atoms with Crippen molar-refractivity contribution in [1.29, 1.82) is 0 Å². The van der Waals surface area contributed by atoms with Gasteiger partial charge < -0.3 is 0 Å². The second-order valence-electron chi connectivity index (χ2n) is 3.33. The average molecular weight is 268 g/mol. The topological polar surface area (TPSA) is 89.3 Å². The molecule has 6 nitrogen and oxygen atoms in total. The first-order chi connectivity index (χ1) is 8.47. The lowest BCUT2D eigenvalue weighted by atomic mass is 10.3. The van der Waals surface area contributed by atoms with Crippen LogP contribution in [0, 0.1) is 22.0 Å². The minimum Gasteiger partial charge on any atom is -0.258 e. The normalized spacial score (nSPS) is 10.5. The van der Waals surface area contributed by atoms with Crippen LogP contribution in [0.25, 0.3) is 0 Å². The summed E-state index contributed by atoms with van der Waals surface area (Å²) in [6.07, 6.45) is 0.394. The van der Waals surface area contributed by atoms with E-state index in [1.165, 1.54) is 18.2 Å². The molecular formula is C11H12N2O4S. The second kappa shape index (κ2) is 6.14. The number of hydrogen-bond acceptors (Lipinski definition) is 4. The first-order valence-electron chi connectivity index (χ1n) is 5.11. The van der Waals surface area contributed by atoms with Crippen LogP contribution in [0.3, 0.4) is 0 Å². The highest BCUT2D eigenvalue weighted by Gasteiger charge is 2.16. The minimum absolute atomic E-state index is 0.124. The van der Waals surface area contributed by atoms with Crippen LogP contribution in [0.2, 0.25) is 0 Å². The Morgan fingerprint density at radius 3 is 2.78 bits per heavy atom. The predicted molar refractivity (Wildman–Crippen MR) is 66.4 cm³/mol. The molecule has 96 valence electrons. The molecule has 7 heteroatoms. The quantitative estimate of drug-likeness (QED) is 0.377. The number of rotatable bonds is 5. The van der Waals surface area contributed by atoms with Gasteiger partial charge in [0.2, 0.25) is 10.0 Å². The molecule has 1 aromatic rings. The van der Waals surface area contributed by atoms with Gasteiger partial charge in [0.15, 0.2) is 0 Å². The van der Waals surface area contributed by atoms with Crippen molar-refractivity contribution in [3.05, 3.63) is 34.4 Å². The van der Waals surface area contributed by atoms with Crippen molar-refractivity contribution < 1.29 is 13.3 Å². The van der Waals surface area contributed by atoms with E-state index in [1.54, 1.807) is 6.92 Å². The van der Waals surface area contributed by atoms with Crippen LogP contribution < -0.4 is 4.72 Å². The van der Waals surface area contributed by atoms with Crippen LogP contribution in [-0.4, -0.2) is 19.9 Å². The maximum Gasteiger partial charge on any atom is 0.270 e. The molecule has 0 saturated carbocycles. The van der Waals surface area contributed by atoms with Crippen molar-refractivity contribution in [2.24, 2.45) is 0 Å². The Morgan fingerprint density at radius 1 is 1.44 bits per heavy atom. The molecule has 0 aliphatic heterocycles. The molecule has 0 fully saturated rings. The first-order valence-corrected chi connectivity index (χ1v) is 6.59. The number of sulfonamides is 1. The largest absolute Gasteiger partial charge is 0.270 e. The van der Waals surface area contributed by atoms with Crippen molar-refractivity contribution in [2.75, 3.05) is 6.54 Å². The molecule has 1 aromatic carbocycles. The van der Waals surface area contributed by atoms with Gasteiger partial charge in [-0.2, -0.15) is 0 Å². The molecule has 0 saturated heterocycles. The van der Waals surface area contributed by atoms with Crippen LogP contribution in [0.15, 0.2) is 29.2 Å². The number of nitrogens with one attached hydrogen (secondary N) is 1. The molecule has 0 aliphatic carbocycles. The zero-order valence-corrected chi connectivity index (χ0v) is 10.5. The van der Waals surface area contributed by atoms with Gasteiger partial charge in [-0.05, 0) is 13.0 Å². The summed E-state index contributed by atoms with van der Waals surface area (Å²) in [6, 6.07) is 4.90. The number of non-ortho nitro benzene ring substituents is 1. The van der Waals surface area contributed by atoms with E-state index >= 15 is 0 Å². The van der Waals surface area contributed by atoms with Gasteiger partial charge in [-0.15, -0.1) is 11.8 Å². The maximum atomic E-state index is 11.8. The van der Waals surface area contributed by atoms with Gasteiger partial charge in [0.05, 0.1) is 9.82 Å². The fourth-order valence-corrected chi connectivity index (χ4v) is 2.29. The fourth-order valence-electron chi connectivity index (χ4n) is 1.22. The minimum atomic E-state index is -3.72. The molecule has 0 aliphatic rings. The molecule has 0 unspecified atom stereocenters. The molecule has 0 aromatic heterocycles. The third-order valence-electron chi connectivity index (χ3n) is 2.06. The number of benzene rings is 1. The van der Waals surface area contributed by atoms with E-state index in [0.717, 1.165) is 6.07 Å². The van der Waals surface area contributed by atoms with Crippen molar-refractivity contribution in [3.8, 4) is 11.8 Å². The molecule has 0 bridgehead atoms. The Hall–Kier alpha value is -1.91. The third kappa shape index (κ3) is 3.84. The number of nitrogens with zero attached hydrogens (tertiary/aromatic N) is 1. The van der Waals surface area contributed by atoms with E-state index in [-0.39, 0.29) is 17.1 Å². The lowest BCUT2D eigenvalue weighted by Crippen LogP contribution is -2.24. The molecule has 0 heterocycles. The Labute approximate surface area is 105 Å².